The Kier molecular flexibility index (Phi) is 3.10. The Morgan fingerprint density at radius 3 is 3.11 bits per heavy atom. The summed E-state index contributed by atoms with van der Waals surface area (Å²) in [5.74, 6) is 2.11. The molecule has 0 radical (unpaired) electrons. The average Bonchev–Trinajstić information content (AvgIpc) is 2.81. The Morgan fingerprint density at radius 1 is 1.47 bits per heavy atom. The van der Waals surface area contributed by atoms with E-state index < -0.39 is 0 Å². The number of hydrogen-bond donors (Lipinski definition) is 1. The van der Waals surface area contributed by atoms with Crippen molar-refractivity contribution in [2.45, 2.75) is 20.3 Å². The van der Waals surface area contributed by atoms with Crippen molar-refractivity contribution in [1.29, 1.82) is 0 Å². The zero-order valence-corrected chi connectivity index (χ0v) is 11.3. The average molecular weight is 261 g/mol. The van der Waals surface area contributed by atoms with Gasteiger partial charge in [-0.2, -0.15) is 4.98 Å². The number of aryl methyl sites for hydroxylation is 1. The number of rotatable bonds is 2. The highest BCUT2D eigenvalue weighted by atomic mass is 16.5. The van der Waals surface area contributed by atoms with Crippen LogP contribution in [0.4, 0.5) is 5.82 Å². The fourth-order valence-corrected chi connectivity index (χ4v) is 2.79. The van der Waals surface area contributed by atoms with E-state index in [1.54, 1.807) is 0 Å². The van der Waals surface area contributed by atoms with Gasteiger partial charge in [0.2, 0.25) is 0 Å². The molecule has 0 saturated carbocycles. The predicted octanol–water partition coefficient (Wildman–Crippen LogP) is 1.35. The third-order valence-electron chi connectivity index (χ3n) is 4.14. The lowest BCUT2D eigenvalue weighted by Gasteiger charge is -2.37. The second-order valence-corrected chi connectivity index (χ2v) is 5.35. The van der Waals surface area contributed by atoms with Crippen molar-refractivity contribution in [2.75, 3.05) is 24.5 Å². The summed E-state index contributed by atoms with van der Waals surface area (Å²) >= 11 is 0. The van der Waals surface area contributed by atoms with Crippen molar-refractivity contribution in [1.82, 2.24) is 15.1 Å². The molecule has 102 valence electrons. The molecule has 0 amide bonds. The molecular weight excluding hydrogens is 242 g/mol. The van der Waals surface area contributed by atoms with Crippen LogP contribution in [0.3, 0.4) is 0 Å². The molecule has 6 heteroatoms. The maximum atomic E-state index is 5.87. The van der Waals surface area contributed by atoms with Gasteiger partial charge in [0.15, 0.2) is 0 Å². The van der Waals surface area contributed by atoms with Crippen LogP contribution >= 0.6 is 0 Å². The molecule has 19 heavy (non-hydrogen) atoms. The Morgan fingerprint density at radius 2 is 2.32 bits per heavy atom. The number of aromatic nitrogens is 3. The minimum atomic E-state index is 0.513. The number of piperidine rings is 1. The third-order valence-corrected chi connectivity index (χ3v) is 4.14. The molecule has 2 atom stereocenters. The van der Waals surface area contributed by atoms with Crippen molar-refractivity contribution in [2.24, 2.45) is 17.6 Å². The van der Waals surface area contributed by atoms with Gasteiger partial charge in [0.25, 0.3) is 5.71 Å². The molecule has 1 saturated heterocycles. The summed E-state index contributed by atoms with van der Waals surface area (Å²) in [5.41, 5.74) is 7.27. The first kappa shape index (κ1) is 12.3. The van der Waals surface area contributed by atoms with Crippen molar-refractivity contribution in [3.8, 4) is 0 Å². The summed E-state index contributed by atoms with van der Waals surface area (Å²) in [6.07, 6.45) is 2.68. The lowest BCUT2D eigenvalue weighted by atomic mass is 9.87. The van der Waals surface area contributed by atoms with E-state index in [4.69, 9.17) is 10.3 Å². The second kappa shape index (κ2) is 4.77. The van der Waals surface area contributed by atoms with Crippen LogP contribution < -0.4 is 10.6 Å². The van der Waals surface area contributed by atoms with Crippen LogP contribution in [0.15, 0.2) is 10.9 Å². The standard InChI is InChI=1S/C13H19N5O/c1-8-3-4-18(6-10(8)5-14)12-11-9(2)17-19-13(11)16-7-15-12/h7-8,10H,3-6,14H2,1-2H3. The molecule has 1 fully saturated rings. The summed E-state index contributed by atoms with van der Waals surface area (Å²) in [4.78, 5) is 10.8. The van der Waals surface area contributed by atoms with Gasteiger partial charge in [0.1, 0.15) is 17.5 Å². The predicted molar refractivity (Wildman–Crippen MR) is 72.9 cm³/mol. The number of nitrogens with two attached hydrogens (primary N) is 1. The van der Waals surface area contributed by atoms with E-state index in [9.17, 15) is 0 Å². The van der Waals surface area contributed by atoms with Crippen LogP contribution in [0.25, 0.3) is 11.1 Å². The summed E-state index contributed by atoms with van der Waals surface area (Å²) in [6.45, 7) is 6.85. The van der Waals surface area contributed by atoms with Crippen LogP contribution in [0.1, 0.15) is 19.0 Å². The molecule has 2 aromatic heterocycles. The van der Waals surface area contributed by atoms with Gasteiger partial charge in [-0.1, -0.05) is 12.1 Å². The van der Waals surface area contributed by atoms with Gasteiger partial charge in [0, 0.05) is 13.1 Å². The molecular formula is C13H19N5O. The normalized spacial score (nSPS) is 24.1. The zero-order chi connectivity index (χ0) is 13.4. The van der Waals surface area contributed by atoms with Gasteiger partial charge in [0.05, 0.1) is 5.69 Å². The number of fused-ring (bicyclic) bond motifs is 1. The van der Waals surface area contributed by atoms with Crippen molar-refractivity contribution >= 4 is 16.9 Å². The van der Waals surface area contributed by atoms with E-state index in [0.717, 1.165) is 36.4 Å². The Balaban J connectivity index is 1.98. The lowest BCUT2D eigenvalue weighted by Crippen LogP contribution is -2.43. The SMILES string of the molecule is Cc1noc2ncnc(N3CCC(C)C(CN)C3)c12. The molecule has 2 N–H and O–H groups in total. The van der Waals surface area contributed by atoms with E-state index in [-0.39, 0.29) is 0 Å². The van der Waals surface area contributed by atoms with E-state index in [0.29, 0.717) is 24.1 Å². The van der Waals surface area contributed by atoms with E-state index in [1.807, 2.05) is 6.92 Å². The number of anilines is 1. The largest absolute Gasteiger partial charge is 0.355 e. The number of nitrogens with zero attached hydrogens (tertiary/aromatic N) is 4. The van der Waals surface area contributed by atoms with Crippen LogP contribution in [0, 0.1) is 18.8 Å². The maximum absolute atomic E-state index is 5.87. The first-order chi connectivity index (χ1) is 9.20. The second-order valence-electron chi connectivity index (χ2n) is 5.35. The monoisotopic (exact) mass is 261 g/mol. The molecule has 0 bridgehead atoms. The van der Waals surface area contributed by atoms with Gasteiger partial charge in [-0.15, -0.1) is 0 Å². The molecule has 6 nitrogen and oxygen atoms in total. The van der Waals surface area contributed by atoms with Gasteiger partial charge in [-0.05, 0) is 31.7 Å². The Bertz CT molecular complexity index is 581. The first-order valence-electron chi connectivity index (χ1n) is 6.72. The summed E-state index contributed by atoms with van der Waals surface area (Å²) in [6, 6.07) is 0. The number of hydrogen-bond acceptors (Lipinski definition) is 6. The van der Waals surface area contributed by atoms with Gasteiger partial charge >= 0.3 is 0 Å². The molecule has 1 aliphatic heterocycles. The van der Waals surface area contributed by atoms with E-state index in [2.05, 4.69) is 26.9 Å². The Hall–Kier alpha value is -1.69. The van der Waals surface area contributed by atoms with Gasteiger partial charge < -0.3 is 15.2 Å². The molecule has 1 aliphatic rings. The molecule has 0 spiro atoms. The molecule has 2 aromatic rings. The highest BCUT2D eigenvalue weighted by Gasteiger charge is 2.27. The zero-order valence-electron chi connectivity index (χ0n) is 11.3. The van der Waals surface area contributed by atoms with Crippen molar-refractivity contribution in [3.63, 3.8) is 0 Å². The quantitative estimate of drug-likeness (QED) is 0.878. The molecule has 0 aromatic carbocycles. The first-order valence-corrected chi connectivity index (χ1v) is 6.72. The summed E-state index contributed by atoms with van der Waals surface area (Å²) < 4.78 is 5.20. The third kappa shape index (κ3) is 2.06. The minimum Gasteiger partial charge on any atom is -0.355 e. The van der Waals surface area contributed by atoms with E-state index >= 15 is 0 Å². The van der Waals surface area contributed by atoms with Crippen LogP contribution in [0.5, 0.6) is 0 Å². The molecule has 2 unspecified atom stereocenters. The fourth-order valence-electron chi connectivity index (χ4n) is 2.79. The maximum Gasteiger partial charge on any atom is 0.263 e. The van der Waals surface area contributed by atoms with Gasteiger partial charge in [-0.25, -0.2) is 4.98 Å². The van der Waals surface area contributed by atoms with Gasteiger partial charge in [-0.3, -0.25) is 0 Å². The topological polar surface area (TPSA) is 81.1 Å². The molecule has 3 heterocycles. The highest BCUT2D eigenvalue weighted by Crippen LogP contribution is 2.30. The van der Waals surface area contributed by atoms with E-state index in [1.165, 1.54) is 6.33 Å². The Labute approximate surface area is 112 Å². The van der Waals surface area contributed by atoms with Crippen LogP contribution in [-0.2, 0) is 0 Å². The summed E-state index contributed by atoms with van der Waals surface area (Å²) in [7, 11) is 0. The molecule has 3 rings (SSSR count). The summed E-state index contributed by atoms with van der Waals surface area (Å²) in [5, 5.41) is 4.90. The highest BCUT2D eigenvalue weighted by molar-refractivity contribution is 5.87. The molecule has 0 aliphatic carbocycles. The minimum absolute atomic E-state index is 0.513. The fraction of sp³-hybridized carbons (Fsp3) is 0.615. The smallest absolute Gasteiger partial charge is 0.263 e. The van der Waals surface area contributed by atoms with Crippen LogP contribution in [0.2, 0.25) is 0 Å². The van der Waals surface area contributed by atoms with Crippen molar-refractivity contribution in [3.05, 3.63) is 12.0 Å². The lowest BCUT2D eigenvalue weighted by molar-refractivity contribution is 0.307. The van der Waals surface area contributed by atoms with Crippen LogP contribution in [-0.4, -0.2) is 34.8 Å². The van der Waals surface area contributed by atoms with Crippen molar-refractivity contribution < 1.29 is 4.52 Å².